The van der Waals surface area contributed by atoms with Crippen molar-refractivity contribution in [1.29, 1.82) is 0 Å². The van der Waals surface area contributed by atoms with Crippen LogP contribution >= 0.6 is 0 Å². The largest absolute Gasteiger partial charge is 0.480 e. The van der Waals surface area contributed by atoms with Gasteiger partial charge in [0, 0.05) is 5.56 Å². The van der Waals surface area contributed by atoms with E-state index in [2.05, 4.69) is 5.32 Å². The lowest BCUT2D eigenvalue weighted by molar-refractivity contribution is -0.148. The van der Waals surface area contributed by atoms with E-state index >= 15 is 0 Å². The monoisotopic (exact) mass is 265 g/mol. The summed E-state index contributed by atoms with van der Waals surface area (Å²) >= 11 is 0. The van der Waals surface area contributed by atoms with Crippen LogP contribution in [0.3, 0.4) is 0 Å². The molecule has 0 unspecified atom stereocenters. The highest BCUT2D eigenvalue weighted by atomic mass is 19.1. The summed E-state index contributed by atoms with van der Waals surface area (Å²) in [6.45, 7) is 3.16. The van der Waals surface area contributed by atoms with E-state index in [9.17, 15) is 14.0 Å². The van der Waals surface area contributed by atoms with Crippen molar-refractivity contribution in [3.8, 4) is 0 Å². The number of amides is 1. The molecule has 0 aliphatic heterocycles. The van der Waals surface area contributed by atoms with Gasteiger partial charge in [-0.15, -0.1) is 0 Å². The number of benzene rings is 1. The standard InChI is InChI=1S/C14H16FNO3/c1-8-6-10(7-9(2)11(8)15)12(17)16-14(13(18)19)4-3-5-14/h6-7H,3-5H2,1-2H3,(H,16,17)(H,18,19). The predicted octanol–water partition coefficient (Wildman–Crippen LogP) is 2.18. The Morgan fingerprint density at radius 1 is 1.26 bits per heavy atom. The van der Waals surface area contributed by atoms with Crippen molar-refractivity contribution in [3.05, 3.63) is 34.6 Å². The summed E-state index contributed by atoms with van der Waals surface area (Å²) in [6, 6.07) is 2.87. The maximum atomic E-state index is 13.5. The number of carboxylic acid groups (broad SMARTS) is 1. The number of halogens is 1. The smallest absolute Gasteiger partial charge is 0.329 e. The molecule has 1 aliphatic carbocycles. The minimum Gasteiger partial charge on any atom is -0.480 e. The third-order valence-corrected chi connectivity index (χ3v) is 3.67. The Bertz CT molecular complexity index is 527. The Balaban J connectivity index is 2.23. The molecule has 1 aromatic carbocycles. The summed E-state index contributed by atoms with van der Waals surface area (Å²) in [5.74, 6) is -1.82. The number of nitrogens with one attached hydrogen (secondary N) is 1. The van der Waals surface area contributed by atoms with Gasteiger partial charge < -0.3 is 10.4 Å². The zero-order valence-corrected chi connectivity index (χ0v) is 10.9. The van der Waals surface area contributed by atoms with E-state index in [0.29, 0.717) is 29.5 Å². The number of hydrogen-bond donors (Lipinski definition) is 2. The molecule has 0 bridgehead atoms. The maximum absolute atomic E-state index is 13.5. The Labute approximate surface area is 110 Å². The van der Waals surface area contributed by atoms with Crippen LogP contribution in [0.4, 0.5) is 4.39 Å². The van der Waals surface area contributed by atoms with E-state index in [4.69, 9.17) is 5.11 Å². The lowest BCUT2D eigenvalue weighted by atomic mass is 9.76. The summed E-state index contributed by atoms with van der Waals surface area (Å²) < 4.78 is 13.5. The number of hydrogen-bond acceptors (Lipinski definition) is 2. The summed E-state index contributed by atoms with van der Waals surface area (Å²) in [6.07, 6.45) is 1.66. The molecule has 2 N–H and O–H groups in total. The van der Waals surface area contributed by atoms with Crippen molar-refractivity contribution < 1.29 is 19.1 Å². The number of carbonyl (C=O) groups excluding carboxylic acids is 1. The summed E-state index contributed by atoms with van der Waals surface area (Å²) in [5.41, 5.74) is -0.0945. The molecule has 0 spiro atoms. The fraction of sp³-hybridized carbons (Fsp3) is 0.429. The summed E-state index contributed by atoms with van der Waals surface area (Å²) in [7, 11) is 0. The van der Waals surface area contributed by atoms with Gasteiger partial charge in [-0.3, -0.25) is 4.79 Å². The third kappa shape index (κ3) is 2.32. The van der Waals surface area contributed by atoms with Gasteiger partial charge in [-0.2, -0.15) is 0 Å². The van der Waals surface area contributed by atoms with Gasteiger partial charge in [0.15, 0.2) is 0 Å². The predicted molar refractivity (Wildman–Crippen MR) is 67.6 cm³/mol. The molecule has 19 heavy (non-hydrogen) atoms. The fourth-order valence-electron chi connectivity index (χ4n) is 2.29. The average molecular weight is 265 g/mol. The Kier molecular flexibility index (Phi) is 3.30. The van der Waals surface area contributed by atoms with Gasteiger partial charge in [0.2, 0.25) is 0 Å². The van der Waals surface area contributed by atoms with Crippen LogP contribution in [-0.2, 0) is 4.79 Å². The SMILES string of the molecule is Cc1cc(C(=O)NC2(C(=O)O)CCC2)cc(C)c1F. The minimum atomic E-state index is -1.15. The van der Waals surface area contributed by atoms with Gasteiger partial charge in [-0.05, 0) is 56.4 Å². The molecule has 1 fully saturated rings. The molecule has 0 radical (unpaired) electrons. The van der Waals surface area contributed by atoms with Crippen LogP contribution in [0.1, 0.15) is 40.7 Å². The summed E-state index contributed by atoms with van der Waals surface area (Å²) in [5, 5.41) is 11.7. The average Bonchev–Trinajstić information content (AvgIpc) is 2.29. The van der Waals surface area contributed by atoms with Crippen molar-refractivity contribution in [2.45, 2.75) is 38.6 Å². The molecule has 1 aromatic rings. The molecule has 102 valence electrons. The van der Waals surface area contributed by atoms with Crippen molar-refractivity contribution in [2.75, 3.05) is 0 Å². The van der Waals surface area contributed by atoms with E-state index < -0.39 is 17.4 Å². The second kappa shape index (κ2) is 4.64. The molecule has 1 saturated carbocycles. The Hall–Kier alpha value is -1.91. The van der Waals surface area contributed by atoms with Gasteiger partial charge >= 0.3 is 5.97 Å². The molecule has 0 aromatic heterocycles. The molecular formula is C14H16FNO3. The summed E-state index contributed by atoms with van der Waals surface area (Å²) in [4.78, 5) is 23.3. The first-order valence-electron chi connectivity index (χ1n) is 6.18. The molecular weight excluding hydrogens is 249 g/mol. The van der Waals surface area contributed by atoms with Crippen LogP contribution < -0.4 is 5.32 Å². The third-order valence-electron chi connectivity index (χ3n) is 3.67. The first-order chi connectivity index (χ1) is 8.85. The molecule has 4 nitrogen and oxygen atoms in total. The number of aliphatic carboxylic acids is 1. The van der Waals surface area contributed by atoms with Crippen molar-refractivity contribution in [3.63, 3.8) is 0 Å². The van der Waals surface area contributed by atoms with Gasteiger partial charge in [0.05, 0.1) is 0 Å². The van der Waals surface area contributed by atoms with E-state index in [1.54, 1.807) is 13.8 Å². The topological polar surface area (TPSA) is 66.4 Å². The van der Waals surface area contributed by atoms with E-state index in [1.165, 1.54) is 12.1 Å². The second-order valence-electron chi connectivity index (χ2n) is 5.12. The van der Waals surface area contributed by atoms with E-state index in [-0.39, 0.29) is 5.82 Å². The number of carbonyl (C=O) groups is 2. The highest BCUT2D eigenvalue weighted by Crippen LogP contribution is 2.32. The van der Waals surface area contributed by atoms with Crippen LogP contribution in [-0.4, -0.2) is 22.5 Å². The lowest BCUT2D eigenvalue weighted by Crippen LogP contribution is -2.59. The highest BCUT2D eigenvalue weighted by Gasteiger charge is 2.45. The van der Waals surface area contributed by atoms with Crippen LogP contribution in [0.15, 0.2) is 12.1 Å². The van der Waals surface area contributed by atoms with Gasteiger partial charge in [0.25, 0.3) is 5.91 Å². The number of aryl methyl sites for hydroxylation is 2. The van der Waals surface area contributed by atoms with Crippen LogP contribution in [0.25, 0.3) is 0 Å². The Morgan fingerprint density at radius 3 is 2.16 bits per heavy atom. The zero-order valence-electron chi connectivity index (χ0n) is 10.9. The number of rotatable bonds is 3. The van der Waals surface area contributed by atoms with E-state index in [0.717, 1.165) is 6.42 Å². The Morgan fingerprint density at radius 2 is 1.79 bits per heavy atom. The molecule has 1 amide bonds. The van der Waals surface area contributed by atoms with Crippen LogP contribution in [0, 0.1) is 19.7 Å². The van der Waals surface area contributed by atoms with Gasteiger partial charge in [-0.25, -0.2) is 9.18 Å². The van der Waals surface area contributed by atoms with Crippen molar-refractivity contribution in [1.82, 2.24) is 5.32 Å². The van der Waals surface area contributed by atoms with Crippen molar-refractivity contribution in [2.24, 2.45) is 0 Å². The second-order valence-corrected chi connectivity index (χ2v) is 5.12. The first kappa shape index (κ1) is 13.5. The molecule has 1 aliphatic rings. The first-order valence-corrected chi connectivity index (χ1v) is 6.18. The molecule has 2 rings (SSSR count). The molecule has 0 atom stereocenters. The molecule has 0 saturated heterocycles. The van der Waals surface area contributed by atoms with Gasteiger partial charge in [-0.1, -0.05) is 0 Å². The maximum Gasteiger partial charge on any atom is 0.329 e. The molecule has 0 heterocycles. The van der Waals surface area contributed by atoms with Gasteiger partial charge in [0.1, 0.15) is 11.4 Å². The van der Waals surface area contributed by atoms with Crippen LogP contribution in [0.2, 0.25) is 0 Å². The minimum absolute atomic E-state index is 0.295. The highest BCUT2D eigenvalue weighted by molar-refractivity contribution is 5.98. The lowest BCUT2D eigenvalue weighted by Gasteiger charge is -2.38. The quantitative estimate of drug-likeness (QED) is 0.880. The number of carboxylic acids is 1. The normalized spacial score (nSPS) is 16.6. The fourth-order valence-corrected chi connectivity index (χ4v) is 2.29. The van der Waals surface area contributed by atoms with Crippen LogP contribution in [0.5, 0.6) is 0 Å². The zero-order chi connectivity index (χ0) is 14.2. The van der Waals surface area contributed by atoms with Crippen molar-refractivity contribution >= 4 is 11.9 Å². The molecule has 5 heteroatoms. The van der Waals surface area contributed by atoms with E-state index in [1.807, 2.05) is 0 Å².